The number of fused-ring (bicyclic) bond motifs is 4. The summed E-state index contributed by atoms with van der Waals surface area (Å²) in [5, 5.41) is 8.25. The number of amidine groups is 2. The Morgan fingerprint density at radius 2 is 1.20 bits per heavy atom. The predicted octanol–water partition coefficient (Wildman–Crippen LogP) is 8.90. The molecule has 1 unspecified atom stereocenters. The number of rotatable bonds is 4. The molecule has 0 saturated carbocycles. The van der Waals surface area contributed by atoms with Crippen molar-refractivity contribution >= 4 is 44.4 Å². The average molecular weight is 528 g/mol. The largest absolute Gasteiger partial charge is 0.456 e. The van der Waals surface area contributed by atoms with Gasteiger partial charge in [-0.25, -0.2) is 9.98 Å². The summed E-state index contributed by atoms with van der Waals surface area (Å²) in [4.78, 5) is 10.0. The Morgan fingerprint density at radius 1 is 0.512 bits per heavy atom. The van der Waals surface area contributed by atoms with Gasteiger partial charge in [-0.2, -0.15) is 0 Å². The Balaban J connectivity index is 1.19. The lowest BCUT2D eigenvalue weighted by Gasteiger charge is -2.23. The van der Waals surface area contributed by atoms with Crippen LogP contribution in [0.15, 0.2) is 154 Å². The van der Waals surface area contributed by atoms with Crippen LogP contribution in [0.2, 0.25) is 0 Å². The van der Waals surface area contributed by atoms with Gasteiger partial charge in [0.05, 0.1) is 0 Å². The fourth-order valence-corrected chi connectivity index (χ4v) is 5.59. The van der Waals surface area contributed by atoms with Gasteiger partial charge in [0.1, 0.15) is 23.2 Å². The van der Waals surface area contributed by atoms with Gasteiger partial charge >= 0.3 is 0 Å². The van der Waals surface area contributed by atoms with Crippen LogP contribution in [0.4, 0.5) is 0 Å². The average Bonchev–Trinajstić information content (AvgIpc) is 3.43. The van der Waals surface area contributed by atoms with Crippen LogP contribution in [0.25, 0.3) is 43.8 Å². The molecule has 4 nitrogen and oxygen atoms in total. The summed E-state index contributed by atoms with van der Waals surface area (Å²) in [6.07, 6.45) is -0.259. The summed E-state index contributed by atoms with van der Waals surface area (Å²) in [6, 6.07) is 48.2. The second-order valence-corrected chi connectivity index (χ2v) is 10.3. The molecule has 6 aromatic carbocycles. The van der Waals surface area contributed by atoms with Crippen molar-refractivity contribution in [2.24, 2.45) is 9.98 Å². The molecule has 2 heterocycles. The minimum atomic E-state index is -0.259. The maximum absolute atomic E-state index is 6.18. The van der Waals surface area contributed by atoms with Gasteiger partial charge in [0.15, 0.2) is 5.84 Å². The molecule has 1 atom stereocenters. The minimum Gasteiger partial charge on any atom is -0.456 e. The number of nitrogens with zero attached hydrogens (tertiary/aromatic N) is 2. The third-order valence-electron chi connectivity index (χ3n) is 7.74. The molecule has 0 bridgehead atoms. The first kappa shape index (κ1) is 23.4. The van der Waals surface area contributed by atoms with Crippen molar-refractivity contribution in [2.45, 2.75) is 6.17 Å². The van der Waals surface area contributed by atoms with Crippen molar-refractivity contribution < 1.29 is 4.42 Å². The van der Waals surface area contributed by atoms with Crippen LogP contribution in [0.5, 0.6) is 0 Å². The summed E-state index contributed by atoms with van der Waals surface area (Å²) in [6.45, 7) is 0. The van der Waals surface area contributed by atoms with Crippen LogP contribution < -0.4 is 5.32 Å². The summed E-state index contributed by atoms with van der Waals surface area (Å²) in [5.74, 6) is 1.46. The highest BCUT2D eigenvalue weighted by Gasteiger charge is 2.21. The predicted molar refractivity (Wildman–Crippen MR) is 168 cm³/mol. The minimum absolute atomic E-state index is 0.259. The Hall–Kier alpha value is -5.48. The molecule has 0 spiro atoms. The van der Waals surface area contributed by atoms with Gasteiger partial charge in [-0.05, 0) is 51.7 Å². The van der Waals surface area contributed by atoms with Crippen molar-refractivity contribution in [2.75, 3.05) is 0 Å². The van der Waals surface area contributed by atoms with E-state index in [1.807, 2.05) is 36.4 Å². The van der Waals surface area contributed by atoms with Gasteiger partial charge in [-0.15, -0.1) is 0 Å². The molecule has 0 saturated heterocycles. The second kappa shape index (κ2) is 9.61. The second-order valence-electron chi connectivity index (χ2n) is 10.3. The zero-order chi connectivity index (χ0) is 27.2. The van der Waals surface area contributed by atoms with E-state index in [1.54, 1.807) is 0 Å². The Kier molecular flexibility index (Phi) is 5.49. The normalized spacial score (nSPS) is 15.1. The van der Waals surface area contributed by atoms with Crippen molar-refractivity contribution in [3.05, 3.63) is 156 Å². The fraction of sp³-hybridized carbons (Fsp3) is 0.0270. The number of furan rings is 1. The summed E-state index contributed by atoms with van der Waals surface area (Å²) >= 11 is 0. The van der Waals surface area contributed by atoms with Crippen molar-refractivity contribution in [1.82, 2.24) is 5.32 Å². The number of hydrogen-bond acceptors (Lipinski definition) is 4. The van der Waals surface area contributed by atoms with E-state index in [-0.39, 0.29) is 6.17 Å². The van der Waals surface area contributed by atoms with Crippen molar-refractivity contribution in [1.29, 1.82) is 0 Å². The molecule has 41 heavy (non-hydrogen) atoms. The first-order chi connectivity index (χ1) is 20.3. The van der Waals surface area contributed by atoms with Crippen LogP contribution >= 0.6 is 0 Å². The van der Waals surface area contributed by atoms with Gasteiger partial charge in [0.2, 0.25) is 0 Å². The van der Waals surface area contributed by atoms with E-state index in [4.69, 9.17) is 14.4 Å². The van der Waals surface area contributed by atoms with E-state index in [0.717, 1.165) is 50.0 Å². The molecule has 1 aromatic heterocycles. The number of para-hydroxylation sites is 1. The van der Waals surface area contributed by atoms with Crippen molar-refractivity contribution in [3.8, 4) is 11.1 Å². The number of nitrogens with one attached hydrogen (secondary N) is 1. The third kappa shape index (κ3) is 4.26. The van der Waals surface area contributed by atoms with Crippen LogP contribution in [0, 0.1) is 0 Å². The molecule has 8 rings (SSSR count). The Morgan fingerprint density at radius 3 is 2.07 bits per heavy atom. The van der Waals surface area contributed by atoms with Gasteiger partial charge in [-0.1, -0.05) is 115 Å². The molecule has 194 valence electrons. The lowest BCUT2D eigenvalue weighted by molar-refractivity contribution is 0.666. The van der Waals surface area contributed by atoms with E-state index in [1.165, 1.54) is 16.3 Å². The van der Waals surface area contributed by atoms with E-state index >= 15 is 0 Å². The smallest absolute Gasteiger partial charge is 0.159 e. The monoisotopic (exact) mass is 527 g/mol. The van der Waals surface area contributed by atoms with E-state index in [2.05, 4.69) is 108 Å². The molecule has 4 heteroatoms. The number of hydrogen-bond donors (Lipinski definition) is 1. The zero-order valence-corrected chi connectivity index (χ0v) is 22.2. The molecular formula is C37H25N3O. The zero-order valence-electron chi connectivity index (χ0n) is 22.2. The maximum Gasteiger partial charge on any atom is 0.159 e. The van der Waals surface area contributed by atoms with Gasteiger partial charge in [0, 0.05) is 21.9 Å². The molecule has 1 aliphatic heterocycles. The van der Waals surface area contributed by atoms with E-state index in [0.29, 0.717) is 5.84 Å². The standard InChI is InChI=1S/C37H25N3O/c1-2-9-26(10-3-1)35-38-36(27-17-14-25(15-18-27)29-19-16-24-8-4-5-11-28(24)22-29)40-37(39-35)30-20-21-32-31-12-6-7-13-33(31)41-34(32)23-30/h1-23,35H,(H,38,39,40). The fourth-order valence-electron chi connectivity index (χ4n) is 5.59. The first-order valence-electron chi connectivity index (χ1n) is 13.8. The Bertz CT molecular complexity index is 2120. The molecule has 0 aliphatic carbocycles. The lowest BCUT2D eigenvalue weighted by atomic mass is 10.00. The van der Waals surface area contributed by atoms with E-state index in [9.17, 15) is 0 Å². The van der Waals surface area contributed by atoms with Gasteiger partial charge < -0.3 is 9.73 Å². The molecule has 0 amide bonds. The van der Waals surface area contributed by atoms with Gasteiger partial charge in [-0.3, -0.25) is 0 Å². The maximum atomic E-state index is 6.18. The number of aliphatic imine (C=N–C) groups is 2. The molecule has 1 N–H and O–H groups in total. The van der Waals surface area contributed by atoms with Crippen LogP contribution in [0.3, 0.4) is 0 Å². The third-order valence-corrected chi connectivity index (χ3v) is 7.74. The van der Waals surface area contributed by atoms with Crippen molar-refractivity contribution in [3.63, 3.8) is 0 Å². The summed E-state index contributed by atoms with van der Waals surface area (Å²) < 4.78 is 6.18. The van der Waals surface area contributed by atoms with E-state index < -0.39 is 0 Å². The molecular weight excluding hydrogens is 502 g/mol. The van der Waals surface area contributed by atoms with Crippen LogP contribution in [0.1, 0.15) is 22.9 Å². The summed E-state index contributed by atoms with van der Waals surface area (Å²) in [5.41, 5.74) is 7.08. The first-order valence-corrected chi connectivity index (χ1v) is 13.8. The Labute approximate surface area is 237 Å². The quantitative estimate of drug-likeness (QED) is 0.248. The topological polar surface area (TPSA) is 49.9 Å². The molecule has 1 aliphatic rings. The highest BCUT2D eigenvalue weighted by Crippen LogP contribution is 2.31. The lowest BCUT2D eigenvalue weighted by Crippen LogP contribution is -2.33. The molecule has 0 fully saturated rings. The summed E-state index contributed by atoms with van der Waals surface area (Å²) in [7, 11) is 0. The SMILES string of the molecule is c1ccc(C2N=C(c3ccc(-c4ccc5ccccc5c4)cc3)N=C(c3ccc4c(c3)oc3ccccc34)N2)cc1. The van der Waals surface area contributed by atoms with Crippen LogP contribution in [-0.2, 0) is 0 Å². The van der Waals surface area contributed by atoms with Crippen LogP contribution in [-0.4, -0.2) is 11.7 Å². The number of benzene rings is 6. The van der Waals surface area contributed by atoms with Gasteiger partial charge in [0.25, 0.3) is 0 Å². The molecule has 7 aromatic rings. The highest BCUT2D eigenvalue weighted by atomic mass is 16.3. The highest BCUT2D eigenvalue weighted by molar-refractivity contribution is 6.15. The molecule has 0 radical (unpaired) electrons.